The van der Waals surface area contributed by atoms with Crippen LogP contribution in [-0.4, -0.2) is 4.98 Å². The maximum Gasteiger partial charge on any atom is 0.0935 e. The summed E-state index contributed by atoms with van der Waals surface area (Å²) in [5, 5.41) is 1.23. The molecule has 1 aromatic carbocycles. The Balaban J connectivity index is 2.69. The van der Waals surface area contributed by atoms with E-state index in [2.05, 4.69) is 30.1 Å². The van der Waals surface area contributed by atoms with E-state index in [4.69, 9.17) is 0 Å². The van der Waals surface area contributed by atoms with Crippen molar-refractivity contribution in [1.29, 1.82) is 0 Å². The van der Waals surface area contributed by atoms with Gasteiger partial charge in [-0.15, -0.1) is 11.3 Å². The maximum absolute atomic E-state index is 4.45. The summed E-state index contributed by atoms with van der Waals surface area (Å²) in [6, 6.07) is 8.26. The highest BCUT2D eigenvalue weighted by atomic mass is 32.1. The van der Waals surface area contributed by atoms with Crippen molar-refractivity contribution in [2.24, 2.45) is 0 Å². The summed E-state index contributed by atoms with van der Waals surface area (Å²) >= 11 is 1.79. The Morgan fingerprint density at radius 3 is 2.91 bits per heavy atom. The first-order valence-electron chi connectivity index (χ1n) is 3.74. The lowest BCUT2D eigenvalue weighted by Crippen LogP contribution is -1.73. The number of benzene rings is 1. The van der Waals surface area contributed by atoms with Crippen molar-refractivity contribution in [2.75, 3.05) is 0 Å². The van der Waals surface area contributed by atoms with Crippen molar-refractivity contribution < 1.29 is 0 Å². The van der Waals surface area contributed by atoms with E-state index in [1.54, 1.807) is 11.3 Å². The highest BCUT2D eigenvalue weighted by molar-refractivity contribution is 7.18. The Kier molecular flexibility index (Phi) is 1.62. The molecule has 0 aliphatic heterocycles. The topological polar surface area (TPSA) is 12.9 Å². The van der Waals surface area contributed by atoms with E-state index in [0.717, 1.165) is 11.9 Å². The zero-order chi connectivity index (χ0) is 7.68. The number of fused-ring (bicyclic) bond motifs is 1. The first-order chi connectivity index (χ1) is 5.40. The molecule has 0 saturated carbocycles. The molecule has 2 heteroatoms. The Labute approximate surface area is 69.7 Å². The molecule has 11 heavy (non-hydrogen) atoms. The van der Waals surface area contributed by atoms with Gasteiger partial charge in [-0.3, -0.25) is 0 Å². The molecule has 0 aliphatic rings. The Bertz CT molecular complexity index is 331. The fourth-order valence-electron chi connectivity index (χ4n) is 1.07. The Hall–Kier alpha value is -0.890. The van der Waals surface area contributed by atoms with E-state index in [0.29, 0.717) is 0 Å². The van der Waals surface area contributed by atoms with E-state index >= 15 is 0 Å². The van der Waals surface area contributed by atoms with Crippen LogP contribution in [0.2, 0.25) is 0 Å². The van der Waals surface area contributed by atoms with E-state index < -0.39 is 0 Å². The molecule has 0 atom stereocenters. The maximum atomic E-state index is 4.45. The van der Waals surface area contributed by atoms with Gasteiger partial charge >= 0.3 is 0 Å². The van der Waals surface area contributed by atoms with Gasteiger partial charge in [0.25, 0.3) is 0 Å². The highest BCUT2D eigenvalue weighted by Crippen LogP contribution is 2.21. The van der Waals surface area contributed by atoms with Gasteiger partial charge in [0.15, 0.2) is 0 Å². The number of aryl methyl sites for hydroxylation is 1. The summed E-state index contributed by atoms with van der Waals surface area (Å²) in [5.74, 6) is 0. The number of hydrogen-bond acceptors (Lipinski definition) is 2. The van der Waals surface area contributed by atoms with Crippen LogP contribution in [0.5, 0.6) is 0 Å². The minimum Gasteiger partial charge on any atom is -0.241 e. The third-order valence-corrected chi connectivity index (χ3v) is 2.82. The molecule has 1 nitrogen and oxygen atoms in total. The zero-order valence-corrected chi connectivity index (χ0v) is 7.19. The van der Waals surface area contributed by atoms with Gasteiger partial charge in [0.2, 0.25) is 0 Å². The van der Waals surface area contributed by atoms with Crippen LogP contribution in [0.3, 0.4) is 0 Å². The van der Waals surface area contributed by atoms with E-state index in [-0.39, 0.29) is 0 Å². The van der Waals surface area contributed by atoms with Gasteiger partial charge in [-0.05, 0) is 18.6 Å². The lowest BCUT2D eigenvalue weighted by atomic mass is 10.3. The van der Waals surface area contributed by atoms with E-state index in [1.165, 1.54) is 9.71 Å². The third-order valence-electron chi connectivity index (χ3n) is 1.64. The van der Waals surface area contributed by atoms with Gasteiger partial charge in [0, 0.05) is 0 Å². The first kappa shape index (κ1) is 6.80. The predicted octanol–water partition coefficient (Wildman–Crippen LogP) is 2.86. The second-order valence-electron chi connectivity index (χ2n) is 2.43. The van der Waals surface area contributed by atoms with Gasteiger partial charge in [-0.2, -0.15) is 0 Å². The molecule has 0 aliphatic carbocycles. The van der Waals surface area contributed by atoms with E-state index in [9.17, 15) is 0 Å². The predicted molar refractivity (Wildman–Crippen MR) is 49.0 cm³/mol. The summed E-state index contributed by atoms with van der Waals surface area (Å²) in [7, 11) is 0. The summed E-state index contributed by atoms with van der Waals surface area (Å²) in [6.45, 7) is 2.14. The molecule has 0 amide bonds. The molecule has 0 spiro atoms. The monoisotopic (exact) mass is 163 g/mol. The lowest BCUT2D eigenvalue weighted by molar-refractivity contribution is 1.11. The van der Waals surface area contributed by atoms with Crippen LogP contribution >= 0.6 is 11.3 Å². The molecular formula is C9H9NS. The first-order valence-corrected chi connectivity index (χ1v) is 4.56. The summed E-state index contributed by atoms with van der Waals surface area (Å²) in [4.78, 5) is 4.45. The van der Waals surface area contributed by atoms with Crippen LogP contribution in [0.15, 0.2) is 24.3 Å². The number of nitrogens with zero attached hydrogens (tertiary/aromatic N) is 1. The van der Waals surface area contributed by atoms with Gasteiger partial charge in [0.1, 0.15) is 0 Å². The summed E-state index contributed by atoms with van der Waals surface area (Å²) < 4.78 is 1.30. The van der Waals surface area contributed by atoms with Crippen LogP contribution in [-0.2, 0) is 6.42 Å². The van der Waals surface area contributed by atoms with Gasteiger partial charge < -0.3 is 0 Å². The number of thiazole rings is 1. The average Bonchev–Trinajstić information content (AvgIpc) is 2.46. The van der Waals surface area contributed by atoms with Gasteiger partial charge in [-0.1, -0.05) is 19.1 Å². The average molecular weight is 163 g/mol. The Morgan fingerprint density at radius 2 is 2.18 bits per heavy atom. The standard InChI is InChI=1S/C9H9NS/c1-2-9-10-7-5-3-4-6-8(7)11-9/h3-6H,2H2,1H3. The molecule has 2 rings (SSSR count). The number of hydrogen-bond donors (Lipinski definition) is 0. The molecular weight excluding hydrogens is 154 g/mol. The van der Waals surface area contributed by atoms with Crippen molar-refractivity contribution >= 4 is 21.6 Å². The largest absolute Gasteiger partial charge is 0.241 e. The number of para-hydroxylation sites is 1. The molecule has 1 aromatic heterocycles. The van der Waals surface area contributed by atoms with Crippen molar-refractivity contribution in [2.45, 2.75) is 13.3 Å². The van der Waals surface area contributed by atoms with Crippen molar-refractivity contribution in [3.63, 3.8) is 0 Å². The molecule has 0 fully saturated rings. The molecule has 0 N–H and O–H groups in total. The fourth-order valence-corrected chi connectivity index (χ4v) is 1.98. The fraction of sp³-hybridized carbons (Fsp3) is 0.222. The third kappa shape index (κ3) is 1.14. The summed E-state index contributed by atoms with van der Waals surface area (Å²) in [5.41, 5.74) is 1.13. The molecule has 1 heterocycles. The lowest BCUT2D eigenvalue weighted by Gasteiger charge is -1.80. The molecule has 0 bridgehead atoms. The second kappa shape index (κ2) is 2.62. The van der Waals surface area contributed by atoms with Crippen LogP contribution in [0, 0.1) is 0 Å². The molecule has 0 unspecified atom stereocenters. The minimum absolute atomic E-state index is 1.04. The van der Waals surface area contributed by atoms with Gasteiger partial charge in [-0.25, -0.2) is 4.98 Å². The number of aromatic nitrogens is 1. The van der Waals surface area contributed by atoms with E-state index in [1.807, 2.05) is 6.07 Å². The van der Waals surface area contributed by atoms with Crippen LogP contribution < -0.4 is 0 Å². The van der Waals surface area contributed by atoms with Crippen LogP contribution in [0.25, 0.3) is 10.2 Å². The zero-order valence-electron chi connectivity index (χ0n) is 6.37. The van der Waals surface area contributed by atoms with Crippen molar-refractivity contribution in [3.8, 4) is 0 Å². The molecule has 2 aromatic rings. The molecule has 56 valence electrons. The number of rotatable bonds is 1. The summed E-state index contributed by atoms with van der Waals surface area (Å²) in [6.07, 6.45) is 1.04. The molecule has 0 saturated heterocycles. The quantitative estimate of drug-likeness (QED) is 0.630. The van der Waals surface area contributed by atoms with Crippen molar-refractivity contribution in [1.82, 2.24) is 4.98 Å². The minimum atomic E-state index is 1.04. The highest BCUT2D eigenvalue weighted by Gasteiger charge is 1.98. The second-order valence-corrected chi connectivity index (χ2v) is 3.54. The Morgan fingerprint density at radius 1 is 1.36 bits per heavy atom. The SMILES string of the molecule is CCc1nc2ccccc2s1. The normalized spacial score (nSPS) is 10.6. The van der Waals surface area contributed by atoms with Gasteiger partial charge in [0.05, 0.1) is 15.2 Å². The van der Waals surface area contributed by atoms with Crippen LogP contribution in [0.4, 0.5) is 0 Å². The molecule has 0 radical (unpaired) electrons. The smallest absolute Gasteiger partial charge is 0.0935 e. The van der Waals surface area contributed by atoms with Crippen LogP contribution in [0.1, 0.15) is 11.9 Å². The van der Waals surface area contributed by atoms with Crippen molar-refractivity contribution in [3.05, 3.63) is 29.3 Å².